The van der Waals surface area contributed by atoms with Crippen LogP contribution in [0.5, 0.6) is 0 Å². The summed E-state index contributed by atoms with van der Waals surface area (Å²) in [5.41, 5.74) is 0. The molecule has 1 heterocycles. The molecule has 1 aliphatic carbocycles. The van der Waals surface area contributed by atoms with Crippen LogP contribution in [0.3, 0.4) is 0 Å². The molecule has 2 N–H and O–H groups in total. The van der Waals surface area contributed by atoms with Crippen molar-refractivity contribution in [1.82, 2.24) is 10.2 Å². The third-order valence-corrected chi connectivity index (χ3v) is 4.03. The van der Waals surface area contributed by atoms with Gasteiger partial charge in [0.15, 0.2) is 0 Å². The van der Waals surface area contributed by atoms with Gasteiger partial charge in [0.25, 0.3) is 0 Å². The highest BCUT2D eigenvalue weighted by Gasteiger charge is 2.54. The summed E-state index contributed by atoms with van der Waals surface area (Å²) in [5.74, 6) is 2.29. The van der Waals surface area contributed by atoms with Gasteiger partial charge in [0.2, 0.25) is 0 Å². The lowest BCUT2D eigenvalue weighted by Gasteiger charge is -2.20. The molecule has 0 bridgehead atoms. The zero-order chi connectivity index (χ0) is 10.1. The Hall–Kier alpha value is -0.120. The van der Waals surface area contributed by atoms with Crippen molar-refractivity contribution in [3.63, 3.8) is 0 Å². The molecule has 0 aromatic rings. The molecule has 2 aliphatic rings. The van der Waals surface area contributed by atoms with Gasteiger partial charge in [-0.25, -0.2) is 0 Å². The third kappa shape index (κ3) is 1.95. The Morgan fingerprint density at radius 1 is 1.43 bits per heavy atom. The molecule has 0 radical (unpaired) electrons. The Bertz CT molecular complexity index is 186. The van der Waals surface area contributed by atoms with Crippen molar-refractivity contribution in [2.24, 2.45) is 17.8 Å². The smallest absolute Gasteiger partial charge is 0.0465 e. The second-order valence-electron chi connectivity index (χ2n) is 4.91. The van der Waals surface area contributed by atoms with Gasteiger partial charge in [-0.1, -0.05) is 0 Å². The van der Waals surface area contributed by atoms with Gasteiger partial charge in [0.05, 0.1) is 0 Å². The Morgan fingerprint density at radius 2 is 2.07 bits per heavy atom. The van der Waals surface area contributed by atoms with Crippen molar-refractivity contribution in [2.45, 2.75) is 19.4 Å². The summed E-state index contributed by atoms with van der Waals surface area (Å²) < 4.78 is 0. The van der Waals surface area contributed by atoms with Crippen molar-refractivity contribution in [2.75, 3.05) is 33.3 Å². The standard InChI is InChI=1S/C11H22N2O/c1-8(12-2)3-4-13-5-9-10(6-13)11(9)7-14/h8-12,14H,3-7H2,1-2H3. The van der Waals surface area contributed by atoms with Gasteiger partial charge in [-0.05, 0) is 44.7 Å². The third-order valence-electron chi connectivity index (χ3n) is 4.03. The predicted octanol–water partition coefficient (Wildman–Crippen LogP) is 0.154. The number of nitrogens with zero attached hydrogens (tertiary/aromatic N) is 1. The largest absolute Gasteiger partial charge is 0.396 e. The number of hydrogen-bond acceptors (Lipinski definition) is 3. The first-order chi connectivity index (χ1) is 6.76. The zero-order valence-corrected chi connectivity index (χ0v) is 9.24. The maximum atomic E-state index is 9.03. The Labute approximate surface area is 86.5 Å². The molecule has 0 spiro atoms. The fourth-order valence-corrected chi connectivity index (χ4v) is 2.71. The van der Waals surface area contributed by atoms with E-state index in [0.717, 1.165) is 11.8 Å². The molecule has 3 heteroatoms. The summed E-state index contributed by atoms with van der Waals surface area (Å²) in [6.07, 6.45) is 1.24. The number of likely N-dealkylation sites (tertiary alicyclic amines) is 1. The number of rotatable bonds is 5. The topological polar surface area (TPSA) is 35.5 Å². The van der Waals surface area contributed by atoms with E-state index in [4.69, 9.17) is 5.11 Å². The van der Waals surface area contributed by atoms with E-state index in [0.29, 0.717) is 18.6 Å². The summed E-state index contributed by atoms with van der Waals surface area (Å²) >= 11 is 0. The minimum absolute atomic E-state index is 0.413. The monoisotopic (exact) mass is 198 g/mol. The first-order valence-electron chi connectivity index (χ1n) is 5.76. The van der Waals surface area contributed by atoms with E-state index < -0.39 is 0 Å². The minimum Gasteiger partial charge on any atom is -0.396 e. The van der Waals surface area contributed by atoms with Gasteiger partial charge in [0, 0.05) is 25.7 Å². The predicted molar refractivity (Wildman–Crippen MR) is 57.1 cm³/mol. The van der Waals surface area contributed by atoms with Crippen molar-refractivity contribution in [3.05, 3.63) is 0 Å². The van der Waals surface area contributed by atoms with E-state index >= 15 is 0 Å². The normalized spacial score (nSPS) is 38.4. The molecule has 3 atom stereocenters. The van der Waals surface area contributed by atoms with Crippen LogP contribution < -0.4 is 5.32 Å². The Kier molecular flexibility index (Phi) is 3.10. The number of nitrogens with one attached hydrogen (secondary N) is 1. The lowest BCUT2D eigenvalue weighted by Crippen LogP contribution is -2.31. The number of piperidine rings is 1. The van der Waals surface area contributed by atoms with E-state index in [-0.39, 0.29) is 0 Å². The molecule has 2 fully saturated rings. The van der Waals surface area contributed by atoms with Crippen LogP contribution in [0.2, 0.25) is 0 Å². The average molecular weight is 198 g/mol. The SMILES string of the molecule is CNC(C)CCN1CC2C(CO)C2C1. The highest BCUT2D eigenvalue weighted by atomic mass is 16.3. The lowest BCUT2D eigenvalue weighted by atomic mass is 10.2. The van der Waals surface area contributed by atoms with Crippen LogP contribution in [-0.2, 0) is 0 Å². The van der Waals surface area contributed by atoms with E-state index in [1.54, 1.807) is 0 Å². The van der Waals surface area contributed by atoms with E-state index in [1.165, 1.54) is 26.1 Å². The minimum atomic E-state index is 0.413. The Morgan fingerprint density at radius 3 is 2.57 bits per heavy atom. The molecule has 0 aromatic heterocycles. The van der Waals surface area contributed by atoms with Crippen molar-refractivity contribution >= 4 is 0 Å². The highest BCUT2D eigenvalue weighted by Crippen LogP contribution is 2.51. The van der Waals surface area contributed by atoms with Crippen LogP contribution in [-0.4, -0.2) is 49.3 Å². The second kappa shape index (κ2) is 4.17. The van der Waals surface area contributed by atoms with Gasteiger partial charge >= 0.3 is 0 Å². The average Bonchev–Trinajstić information content (AvgIpc) is 2.68. The fourth-order valence-electron chi connectivity index (χ4n) is 2.71. The molecule has 82 valence electrons. The second-order valence-corrected chi connectivity index (χ2v) is 4.91. The number of fused-ring (bicyclic) bond motifs is 1. The maximum absolute atomic E-state index is 9.03. The molecule has 14 heavy (non-hydrogen) atoms. The molecule has 0 amide bonds. The first kappa shape index (κ1) is 10.4. The highest BCUT2D eigenvalue weighted by molar-refractivity contribution is 5.04. The molecule has 1 saturated carbocycles. The number of aliphatic hydroxyl groups excluding tert-OH is 1. The maximum Gasteiger partial charge on any atom is 0.0465 e. The Balaban J connectivity index is 1.63. The van der Waals surface area contributed by atoms with Crippen LogP contribution in [0, 0.1) is 17.8 Å². The summed E-state index contributed by atoms with van der Waals surface area (Å²) in [5, 5.41) is 12.3. The van der Waals surface area contributed by atoms with Gasteiger partial charge in [-0.3, -0.25) is 0 Å². The number of aliphatic hydroxyl groups is 1. The molecule has 3 unspecified atom stereocenters. The summed E-state index contributed by atoms with van der Waals surface area (Å²) in [7, 11) is 2.02. The van der Waals surface area contributed by atoms with E-state index in [1.807, 2.05) is 7.05 Å². The van der Waals surface area contributed by atoms with Crippen LogP contribution in [0.25, 0.3) is 0 Å². The molecule has 0 aromatic carbocycles. The van der Waals surface area contributed by atoms with Crippen LogP contribution >= 0.6 is 0 Å². The summed E-state index contributed by atoms with van der Waals surface area (Å²) in [6.45, 7) is 6.31. The lowest BCUT2D eigenvalue weighted by molar-refractivity contribution is 0.217. The van der Waals surface area contributed by atoms with Gasteiger partial charge in [0.1, 0.15) is 0 Å². The number of hydrogen-bond donors (Lipinski definition) is 2. The van der Waals surface area contributed by atoms with E-state index in [2.05, 4.69) is 17.1 Å². The van der Waals surface area contributed by atoms with Gasteiger partial charge in [-0.15, -0.1) is 0 Å². The van der Waals surface area contributed by atoms with Gasteiger partial charge < -0.3 is 15.3 Å². The molecule has 2 rings (SSSR count). The van der Waals surface area contributed by atoms with Crippen molar-refractivity contribution in [3.8, 4) is 0 Å². The van der Waals surface area contributed by atoms with Gasteiger partial charge in [-0.2, -0.15) is 0 Å². The molecule has 3 nitrogen and oxygen atoms in total. The van der Waals surface area contributed by atoms with Crippen LogP contribution in [0.1, 0.15) is 13.3 Å². The quantitative estimate of drug-likeness (QED) is 0.660. The van der Waals surface area contributed by atoms with E-state index in [9.17, 15) is 0 Å². The van der Waals surface area contributed by atoms with Crippen LogP contribution in [0.15, 0.2) is 0 Å². The molecule has 1 aliphatic heterocycles. The fraction of sp³-hybridized carbons (Fsp3) is 1.00. The first-order valence-corrected chi connectivity index (χ1v) is 5.76. The molecular weight excluding hydrogens is 176 g/mol. The summed E-state index contributed by atoms with van der Waals surface area (Å²) in [6, 6.07) is 0.626. The van der Waals surface area contributed by atoms with Crippen molar-refractivity contribution < 1.29 is 5.11 Å². The van der Waals surface area contributed by atoms with Crippen molar-refractivity contribution in [1.29, 1.82) is 0 Å². The molecular formula is C11H22N2O. The summed E-state index contributed by atoms with van der Waals surface area (Å²) in [4.78, 5) is 2.55. The zero-order valence-electron chi connectivity index (χ0n) is 9.24. The molecule has 1 saturated heterocycles. The van der Waals surface area contributed by atoms with Crippen LogP contribution in [0.4, 0.5) is 0 Å².